The summed E-state index contributed by atoms with van der Waals surface area (Å²) in [7, 11) is 0. The van der Waals surface area contributed by atoms with E-state index >= 15 is 0 Å². The summed E-state index contributed by atoms with van der Waals surface area (Å²) >= 11 is 3.30. The molecule has 0 atom stereocenters. The minimum atomic E-state index is -0.595. The zero-order valence-electron chi connectivity index (χ0n) is 12.4. The molecule has 1 aromatic carbocycles. The lowest BCUT2D eigenvalue weighted by Crippen LogP contribution is -2.43. The Labute approximate surface area is 127 Å². The van der Waals surface area contributed by atoms with Gasteiger partial charge in [0.25, 0.3) is 0 Å². The number of ether oxygens (including phenoxy) is 1. The van der Waals surface area contributed by atoms with E-state index in [2.05, 4.69) is 15.9 Å². The van der Waals surface area contributed by atoms with Crippen LogP contribution in [0.5, 0.6) is 0 Å². The molecule has 5 heteroatoms. The van der Waals surface area contributed by atoms with E-state index in [9.17, 15) is 9.18 Å². The third-order valence-electron chi connectivity index (χ3n) is 3.42. The van der Waals surface area contributed by atoms with E-state index in [1.165, 1.54) is 6.07 Å². The van der Waals surface area contributed by atoms with Crippen molar-refractivity contribution in [1.29, 1.82) is 0 Å². The lowest BCUT2D eigenvalue weighted by atomic mass is 9.94. The van der Waals surface area contributed by atoms with E-state index in [1.807, 2.05) is 40.7 Å². The van der Waals surface area contributed by atoms with Crippen LogP contribution in [0.1, 0.15) is 45.7 Å². The van der Waals surface area contributed by atoms with Crippen LogP contribution in [0.25, 0.3) is 0 Å². The van der Waals surface area contributed by atoms with Crippen LogP contribution in [0.4, 0.5) is 9.18 Å². The van der Waals surface area contributed by atoms with Gasteiger partial charge in [0.1, 0.15) is 11.4 Å². The molecule has 3 nitrogen and oxygen atoms in total. The number of amides is 1. The molecule has 110 valence electrons. The molecule has 0 saturated carbocycles. The Kier molecular flexibility index (Phi) is 3.61. The summed E-state index contributed by atoms with van der Waals surface area (Å²) in [6.45, 7) is 9.48. The van der Waals surface area contributed by atoms with Crippen LogP contribution in [0.15, 0.2) is 16.6 Å². The van der Waals surface area contributed by atoms with Crippen molar-refractivity contribution in [2.75, 3.05) is 0 Å². The molecule has 1 aliphatic heterocycles. The molecule has 0 N–H and O–H groups in total. The molecular weight excluding hydrogens is 325 g/mol. The number of carbonyl (C=O) groups is 1. The number of fused-ring (bicyclic) bond motifs is 1. The fourth-order valence-electron chi connectivity index (χ4n) is 2.42. The van der Waals surface area contributed by atoms with Crippen LogP contribution < -0.4 is 0 Å². The highest BCUT2D eigenvalue weighted by atomic mass is 79.9. The smallest absolute Gasteiger partial charge is 0.411 e. The molecule has 20 heavy (non-hydrogen) atoms. The van der Waals surface area contributed by atoms with Crippen molar-refractivity contribution in [1.82, 2.24) is 4.90 Å². The molecule has 1 aliphatic rings. The van der Waals surface area contributed by atoms with Gasteiger partial charge in [0.15, 0.2) is 0 Å². The maximum absolute atomic E-state index is 14.1. The number of benzene rings is 1. The number of hydrogen-bond donors (Lipinski definition) is 0. The van der Waals surface area contributed by atoms with Crippen LogP contribution in [-0.4, -0.2) is 16.6 Å². The van der Waals surface area contributed by atoms with E-state index in [1.54, 1.807) is 4.90 Å². The summed E-state index contributed by atoms with van der Waals surface area (Å²) < 4.78 is 20.1. The molecule has 0 aromatic heterocycles. The van der Waals surface area contributed by atoms with Gasteiger partial charge in [0, 0.05) is 10.0 Å². The summed E-state index contributed by atoms with van der Waals surface area (Å²) in [5.41, 5.74) is 0.211. The first-order valence-electron chi connectivity index (χ1n) is 6.51. The van der Waals surface area contributed by atoms with Crippen molar-refractivity contribution in [3.63, 3.8) is 0 Å². The van der Waals surface area contributed by atoms with Crippen LogP contribution in [0.2, 0.25) is 0 Å². The molecule has 2 rings (SSSR count). The second-order valence-corrected chi connectivity index (χ2v) is 7.45. The summed E-state index contributed by atoms with van der Waals surface area (Å²) in [6, 6.07) is 3.29. The molecule has 0 bridgehead atoms. The molecule has 0 aliphatic carbocycles. The third-order valence-corrected chi connectivity index (χ3v) is 3.88. The van der Waals surface area contributed by atoms with Gasteiger partial charge in [-0.1, -0.05) is 15.9 Å². The fraction of sp³-hybridized carbons (Fsp3) is 0.533. The largest absolute Gasteiger partial charge is 0.444 e. The lowest BCUT2D eigenvalue weighted by molar-refractivity contribution is 0.00512. The number of nitrogens with zero attached hydrogens (tertiary/aromatic N) is 1. The monoisotopic (exact) mass is 343 g/mol. The standard InChI is InChI=1S/C15H19BrFNO2/c1-14(2,3)20-13(19)18-8-10-11(15(18,4)5)6-9(16)7-12(10)17/h6-7H,8H2,1-5H3. The van der Waals surface area contributed by atoms with Gasteiger partial charge in [-0.3, -0.25) is 4.90 Å². The summed E-state index contributed by atoms with van der Waals surface area (Å²) in [4.78, 5) is 13.9. The van der Waals surface area contributed by atoms with Crippen molar-refractivity contribution in [2.24, 2.45) is 0 Å². The van der Waals surface area contributed by atoms with Crippen molar-refractivity contribution < 1.29 is 13.9 Å². The highest BCUT2D eigenvalue weighted by Crippen LogP contribution is 2.41. The van der Waals surface area contributed by atoms with E-state index in [0.717, 1.165) is 5.56 Å². The van der Waals surface area contributed by atoms with Crippen LogP contribution >= 0.6 is 15.9 Å². The number of rotatable bonds is 0. The molecule has 0 saturated heterocycles. The predicted molar refractivity (Wildman–Crippen MR) is 78.9 cm³/mol. The average molecular weight is 344 g/mol. The molecule has 1 heterocycles. The van der Waals surface area contributed by atoms with Gasteiger partial charge in [-0.15, -0.1) is 0 Å². The minimum absolute atomic E-state index is 0.232. The van der Waals surface area contributed by atoms with Crippen LogP contribution in [0.3, 0.4) is 0 Å². The molecular formula is C15H19BrFNO2. The molecule has 0 unspecified atom stereocenters. The SMILES string of the molecule is CC(C)(C)OC(=O)N1Cc2c(F)cc(Br)cc2C1(C)C. The van der Waals surface area contributed by atoms with Gasteiger partial charge in [-0.2, -0.15) is 0 Å². The van der Waals surface area contributed by atoms with Gasteiger partial charge in [0.05, 0.1) is 12.1 Å². The van der Waals surface area contributed by atoms with Gasteiger partial charge in [0.2, 0.25) is 0 Å². The van der Waals surface area contributed by atoms with Crippen LogP contribution in [-0.2, 0) is 16.8 Å². The Bertz CT molecular complexity index is 564. The first-order valence-corrected chi connectivity index (χ1v) is 7.31. The maximum Gasteiger partial charge on any atom is 0.411 e. The molecule has 1 aromatic rings. The topological polar surface area (TPSA) is 29.5 Å². The van der Waals surface area contributed by atoms with E-state index in [4.69, 9.17) is 4.74 Å². The van der Waals surface area contributed by atoms with E-state index < -0.39 is 17.2 Å². The van der Waals surface area contributed by atoms with Crippen molar-refractivity contribution in [2.45, 2.75) is 52.3 Å². The molecule has 0 spiro atoms. The Morgan fingerprint density at radius 2 is 2.00 bits per heavy atom. The van der Waals surface area contributed by atoms with Crippen LogP contribution in [0, 0.1) is 5.82 Å². The van der Waals surface area contributed by atoms with Gasteiger partial charge >= 0.3 is 6.09 Å². The lowest BCUT2D eigenvalue weighted by Gasteiger charge is -2.34. The van der Waals surface area contributed by atoms with Gasteiger partial charge in [-0.05, 0) is 52.3 Å². The Morgan fingerprint density at radius 3 is 2.55 bits per heavy atom. The summed E-state index contributed by atoms with van der Waals surface area (Å²) in [6.07, 6.45) is -0.422. The molecule has 1 amide bonds. The fourth-order valence-corrected chi connectivity index (χ4v) is 2.85. The normalized spacial score (nSPS) is 17.1. The van der Waals surface area contributed by atoms with Crippen molar-refractivity contribution >= 4 is 22.0 Å². The average Bonchev–Trinajstić information content (AvgIpc) is 2.49. The van der Waals surface area contributed by atoms with Gasteiger partial charge in [-0.25, -0.2) is 9.18 Å². The quantitative estimate of drug-likeness (QED) is 0.690. The minimum Gasteiger partial charge on any atom is -0.444 e. The van der Waals surface area contributed by atoms with Gasteiger partial charge < -0.3 is 4.74 Å². The summed E-state index contributed by atoms with van der Waals surface area (Å²) in [5, 5.41) is 0. The Balaban J connectivity index is 2.38. The zero-order chi connectivity index (χ0) is 15.3. The second-order valence-electron chi connectivity index (χ2n) is 6.54. The highest BCUT2D eigenvalue weighted by molar-refractivity contribution is 9.10. The number of carbonyl (C=O) groups excluding carboxylic acids is 1. The van der Waals surface area contributed by atoms with E-state index in [-0.39, 0.29) is 12.4 Å². The first kappa shape index (κ1) is 15.3. The summed E-state index contributed by atoms with van der Waals surface area (Å²) in [5.74, 6) is -0.298. The second kappa shape index (κ2) is 4.72. The molecule has 0 radical (unpaired) electrons. The Hall–Kier alpha value is -1.10. The maximum atomic E-state index is 14.1. The van der Waals surface area contributed by atoms with Crippen molar-refractivity contribution in [3.8, 4) is 0 Å². The Morgan fingerprint density at radius 1 is 1.40 bits per heavy atom. The molecule has 0 fully saturated rings. The number of halogens is 2. The van der Waals surface area contributed by atoms with E-state index in [0.29, 0.717) is 10.0 Å². The third kappa shape index (κ3) is 2.68. The predicted octanol–water partition coefficient (Wildman–Crippen LogP) is 4.57. The number of hydrogen-bond acceptors (Lipinski definition) is 2. The highest BCUT2D eigenvalue weighted by Gasteiger charge is 2.43. The zero-order valence-corrected chi connectivity index (χ0v) is 14.0. The first-order chi connectivity index (χ1) is 9.02. The van der Waals surface area contributed by atoms with Crippen molar-refractivity contribution in [3.05, 3.63) is 33.5 Å².